The summed E-state index contributed by atoms with van der Waals surface area (Å²) in [6, 6.07) is 5.87. The van der Waals surface area contributed by atoms with Crippen molar-refractivity contribution in [2.75, 3.05) is 13.6 Å². The number of pyridine rings is 1. The zero-order chi connectivity index (χ0) is 16.2. The molecule has 3 rings (SSSR count). The van der Waals surface area contributed by atoms with Crippen molar-refractivity contribution < 1.29 is 4.79 Å². The van der Waals surface area contributed by atoms with Gasteiger partial charge >= 0.3 is 0 Å². The van der Waals surface area contributed by atoms with E-state index in [2.05, 4.69) is 15.0 Å². The molecule has 1 aliphatic heterocycles. The van der Waals surface area contributed by atoms with Crippen molar-refractivity contribution in [2.45, 2.75) is 32.0 Å². The van der Waals surface area contributed by atoms with Crippen molar-refractivity contribution in [1.29, 1.82) is 0 Å². The predicted octanol–water partition coefficient (Wildman–Crippen LogP) is 1.44. The lowest BCUT2D eigenvalue weighted by molar-refractivity contribution is -0.135. The van der Waals surface area contributed by atoms with E-state index in [4.69, 9.17) is 0 Å². The van der Waals surface area contributed by atoms with Crippen molar-refractivity contribution in [3.05, 3.63) is 48.0 Å². The number of carbonyl (C=O) groups excluding carboxylic acids is 1. The van der Waals surface area contributed by atoms with E-state index in [1.54, 1.807) is 15.8 Å². The predicted molar refractivity (Wildman–Crippen MR) is 87.4 cm³/mol. The zero-order valence-electron chi connectivity index (χ0n) is 13.7. The lowest BCUT2D eigenvalue weighted by Crippen LogP contribution is -2.43. The molecule has 1 fully saturated rings. The van der Waals surface area contributed by atoms with Crippen LogP contribution in [0.3, 0.4) is 0 Å². The van der Waals surface area contributed by atoms with E-state index in [0.717, 1.165) is 37.2 Å². The number of amides is 1. The molecule has 0 bridgehead atoms. The average Bonchev–Trinajstić information content (AvgIpc) is 3.16. The van der Waals surface area contributed by atoms with Crippen molar-refractivity contribution in [3.8, 4) is 0 Å². The molecule has 0 saturated carbocycles. The summed E-state index contributed by atoms with van der Waals surface area (Å²) in [5.41, 5.74) is 2.07. The Morgan fingerprint density at radius 3 is 3.00 bits per heavy atom. The number of aromatic nitrogens is 3. The largest absolute Gasteiger partial charge is 0.340 e. The van der Waals surface area contributed by atoms with Crippen LogP contribution in [0, 0.1) is 0 Å². The lowest BCUT2D eigenvalue weighted by Gasteiger charge is -2.27. The summed E-state index contributed by atoms with van der Waals surface area (Å²) < 4.78 is 1.76. The van der Waals surface area contributed by atoms with Crippen molar-refractivity contribution in [3.63, 3.8) is 0 Å². The molecule has 0 N–H and O–H groups in total. The number of nitrogens with zero attached hydrogens (tertiary/aromatic N) is 5. The van der Waals surface area contributed by atoms with Gasteiger partial charge in [0.25, 0.3) is 0 Å². The molecule has 23 heavy (non-hydrogen) atoms. The first-order valence-electron chi connectivity index (χ1n) is 8.00. The maximum absolute atomic E-state index is 12.8. The minimum absolute atomic E-state index is 0.0429. The van der Waals surface area contributed by atoms with Gasteiger partial charge in [-0.2, -0.15) is 5.10 Å². The molecule has 1 saturated heterocycles. The molecule has 6 nitrogen and oxygen atoms in total. The molecule has 2 aromatic rings. The van der Waals surface area contributed by atoms with Gasteiger partial charge in [0.1, 0.15) is 0 Å². The molecule has 1 aliphatic rings. The number of hydrogen-bond donors (Lipinski definition) is 0. The van der Waals surface area contributed by atoms with Crippen LogP contribution < -0.4 is 0 Å². The van der Waals surface area contributed by atoms with Gasteiger partial charge in [0.2, 0.25) is 5.91 Å². The van der Waals surface area contributed by atoms with E-state index >= 15 is 0 Å². The molecule has 0 aliphatic carbocycles. The van der Waals surface area contributed by atoms with Crippen LogP contribution in [-0.2, 0) is 24.9 Å². The quantitative estimate of drug-likeness (QED) is 0.838. The van der Waals surface area contributed by atoms with Crippen molar-refractivity contribution in [1.82, 2.24) is 24.6 Å². The molecule has 1 amide bonds. The Hall–Kier alpha value is -2.21. The molecular weight excluding hydrogens is 290 g/mol. The maximum atomic E-state index is 12.8. The summed E-state index contributed by atoms with van der Waals surface area (Å²) in [5.74, 6) is 0.183. The summed E-state index contributed by atoms with van der Waals surface area (Å²) in [5, 5.41) is 4.16. The van der Waals surface area contributed by atoms with E-state index < -0.39 is 0 Å². The van der Waals surface area contributed by atoms with Gasteiger partial charge < -0.3 is 4.90 Å². The number of likely N-dealkylation sites (N-methyl/N-ethyl adjacent to an activating group) is 1. The number of carbonyl (C=O) groups is 1. The van der Waals surface area contributed by atoms with Gasteiger partial charge in [-0.15, -0.1) is 0 Å². The maximum Gasteiger partial charge on any atom is 0.239 e. The molecule has 1 atom stereocenters. The number of aryl methyl sites for hydroxylation is 1. The molecule has 0 unspecified atom stereocenters. The Labute approximate surface area is 136 Å². The average molecular weight is 313 g/mol. The minimum atomic E-state index is -0.0429. The van der Waals surface area contributed by atoms with E-state index in [1.165, 1.54) is 0 Å². The highest BCUT2D eigenvalue weighted by atomic mass is 16.2. The Kier molecular flexibility index (Phi) is 4.71. The third-order valence-corrected chi connectivity index (χ3v) is 4.29. The van der Waals surface area contributed by atoms with Gasteiger partial charge in [-0.1, -0.05) is 6.07 Å². The van der Waals surface area contributed by atoms with Crippen molar-refractivity contribution in [2.24, 2.45) is 7.05 Å². The second kappa shape index (κ2) is 6.91. The zero-order valence-corrected chi connectivity index (χ0v) is 13.7. The number of rotatable bonds is 5. The van der Waals surface area contributed by atoms with Crippen molar-refractivity contribution >= 4 is 5.91 Å². The van der Waals surface area contributed by atoms with Crippen LogP contribution in [0.2, 0.25) is 0 Å². The van der Waals surface area contributed by atoms with Gasteiger partial charge in [-0.05, 0) is 31.5 Å². The van der Waals surface area contributed by atoms with Gasteiger partial charge in [-0.3, -0.25) is 19.4 Å². The standard InChI is InChI=1S/C17H23N5O/c1-20(11-14-10-19-21(2)12-14)17(23)16-7-5-9-22(16)13-15-6-3-4-8-18-15/h3-4,6,8,10,12,16H,5,7,9,11,13H2,1-2H3/t16-/m0/s1. The summed E-state index contributed by atoms with van der Waals surface area (Å²) in [7, 11) is 3.75. The molecule has 0 radical (unpaired) electrons. The molecule has 2 aromatic heterocycles. The molecule has 6 heteroatoms. The molecule has 3 heterocycles. The third kappa shape index (κ3) is 3.76. The van der Waals surface area contributed by atoms with Gasteiger partial charge in [-0.25, -0.2) is 0 Å². The fraction of sp³-hybridized carbons (Fsp3) is 0.471. The fourth-order valence-electron chi connectivity index (χ4n) is 3.15. The highest BCUT2D eigenvalue weighted by Crippen LogP contribution is 2.21. The van der Waals surface area contributed by atoms with E-state index in [0.29, 0.717) is 6.54 Å². The summed E-state index contributed by atoms with van der Waals surface area (Å²) in [4.78, 5) is 21.2. The second-order valence-electron chi connectivity index (χ2n) is 6.17. The van der Waals surface area contributed by atoms with E-state index in [9.17, 15) is 4.79 Å². The summed E-state index contributed by atoms with van der Waals surface area (Å²) >= 11 is 0. The van der Waals surface area contributed by atoms with E-state index in [-0.39, 0.29) is 11.9 Å². The number of likely N-dealkylation sites (tertiary alicyclic amines) is 1. The van der Waals surface area contributed by atoms with Crippen LogP contribution in [0.1, 0.15) is 24.1 Å². The monoisotopic (exact) mass is 313 g/mol. The topological polar surface area (TPSA) is 54.3 Å². The first-order valence-corrected chi connectivity index (χ1v) is 8.00. The second-order valence-corrected chi connectivity index (χ2v) is 6.17. The summed E-state index contributed by atoms with van der Waals surface area (Å²) in [6.07, 6.45) is 7.54. The first kappa shape index (κ1) is 15.7. The Balaban J connectivity index is 1.63. The van der Waals surface area contributed by atoms with Gasteiger partial charge in [0.05, 0.1) is 17.9 Å². The van der Waals surface area contributed by atoms with Gasteiger partial charge in [0, 0.05) is 45.1 Å². The van der Waals surface area contributed by atoms with Crippen LogP contribution in [-0.4, -0.2) is 50.1 Å². The van der Waals surface area contributed by atoms with Crippen LogP contribution in [0.15, 0.2) is 36.8 Å². The highest BCUT2D eigenvalue weighted by Gasteiger charge is 2.32. The third-order valence-electron chi connectivity index (χ3n) is 4.29. The SMILES string of the molecule is CN(Cc1cnn(C)c1)C(=O)[C@@H]1CCCN1Cc1ccccn1. The molecule has 0 spiro atoms. The minimum Gasteiger partial charge on any atom is -0.340 e. The Morgan fingerprint density at radius 2 is 2.30 bits per heavy atom. The lowest BCUT2D eigenvalue weighted by atomic mass is 10.2. The van der Waals surface area contributed by atoms with Crippen LogP contribution in [0.4, 0.5) is 0 Å². The van der Waals surface area contributed by atoms with Crippen LogP contribution in [0.5, 0.6) is 0 Å². The smallest absolute Gasteiger partial charge is 0.239 e. The normalized spacial score (nSPS) is 18.3. The Morgan fingerprint density at radius 1 is 1.43 bits per heavy atom. The number of hydrogen-bond acceptors (Lipinski definition) is 4. The Bertz CT molecular complexity index is 654. The van der Waals surface area contributed by atoms with Gasteiger partial charge in [0.15, 0.2) is 0 Å². The first-order chi connectivity index (χ1) is 11.1. The summed E-state index contributed by atoms with van der Waals surface area (Å²) in [6.45, 7) is 2.28. The van der Waals surface area contributed by atoms with Crippen LogP contribution in [0.25, 0.3) is 0 Å². The molecule has 122 valence electrons. The highest BCUT2D eigenvalue weighted by molar-refractivity contribution is 5.82. The van der Waals surface area contributed by atoms with E-state index in [1.807, 2.05) is 44.7 Å². The molecular formula is C17H23N5O. The van der Waals surface area contributed by atoms with Crippen LogP contribution >= 0.6 is 0 Å². The fourth-order valence-corrected chi connectivity index (χ4v) is 3.15. The molecule has 0 aromatic carbocycles.